The van der Waals surface area contributed by atoms with E-state index in [1.807, 2.05) is 26.8 Å². The molecule has 76 valence electrons. The molecule has 0 spiro atoms. The van der Waals surface area contributed by atoms with E-state index in [-0.39, 0.29) is 12.3 Å². The fraction of sp³-hybridized carbons (Fsp3) is 0.364. The third-order valence-electron chi connectivity index (χ3n) is 2.56. The van der Waals surface area contributed by atoms with Gasteiger partial charge in [-0.15, -0.1) is 0 Å². The van der Waals surface area contributed by atoms with Crippen LogP contribution in [0.4, 0.5) is 5.69 Å². The topological polar surface area (TPSA) is 69.1 Å². The minimum absolute atomic E-state index is 0.00787. The second-order valence-corrected chi connectivity index (χ2v) is 3.55. The van der Waals surface area contributed by atoms with Crippen molar-refractivity contribution >= 4 is 11.5 Å². The van der Waals surface area contributed by atoms with Gasteiger partial charge in [0.05, 0.1) is 6.54 Å². The third-order valence-corrected chi connectivity index (χ3v) is 2.56. The lowest BCUT2D eigenvalue weighted by atomic mass is 9.95. The maximum absolute atomic E-state index is 11.6. The van der Waals surface area contributed by atoms with E-state index in [0.717, 1.165) is 16.7 Å². The number of aryl methyl sites for hydroxylation is 2. The first-order chi connectivity index (χ1) is 6.49. The van der Waals surface area contributed by atoms with Gasteiger partial charge >= 0.3 is 0 Å². The molecule has 1 aromatic carbocycles. The zero-order valence-electron chi connectivity index (χ0n) is 8.85. The molecule has 0 aliphatic rings. The predicted octanol–water partition coefficient (Wildman–Crippen LogP) is 1.34. The van der Waals surface area contributed by atoms with Crippen LogP contribution in [0.3, 0.4) is 0 Å². The van der Waals surface area contributed by atoms with Crippen LogP contribution < -0.4 is 11.5 Å². The highest BCUT2D eigenvalue weighted by Gasteiger charge is 2.14. The van der Waals surface area contributed by atoms with Gasteiger partial charge in [0.25, 0.3) is 0 Å². The Morgan fingerprint density at radius 1 is 1.29 bits per heavy atom. The van der Waals surface area contributed by atoms with E-state index in [1.54, 1.807) is 0 Å². The molecule has 3 nitrogen and oxygen atoms in total. The molecule has 0 amide bonds. The summed E-state index contributed by atoms with van der Waals surface area (Å²) in [6.45, 7) is 5.77. The maximum atomic E-state index is 11.6. The molecule has 3 heteroatoms. The molecule has 0 saturated carbocycles. The first-order valence-corrected chi connectivity index (χ1v) is 4.58. The second kappa shape index (κ2) is 3.80. The van der Waals surface area contributed by atoms with Crippen LogP contribution >= 0.6 is 0 Å². The van der Waals surface area contributed by atoms with Crippen molar-refractivity contribution < 1.29 is 4.79 Å². The molecule has 4 N–H and O–H groups in total. The maximum Gasteiger partial charge on any atom is 0.178 e. The van der Waals surface area contributed by atoms with Crippen molar-refractivity contribution in [2.24, 2.45) is 5.73 Å². The number of hydrogen-bond donors (Lipinski definition) is 2. The number of hydrogen-bond acceptors (Lipinski definition) is 3. The number of nitrogens with two attached hydrogens (primary N) is 2. The summed E-state index contributed by atoms with van der Waals surface area (Å²) in [5.41, 5.74) is 15.3. The molecule has 0 aliphatic heterocycles. The fourth-order valence-corrected chi connectivity index (χ4v) is 1.57. The van der Waals surface area contributed by atoms with Crippen molar-refractivity contribution in [1.82, 2.24) is 0 Å². The summed E-state index contributed by atoms with van der Waals surface area (Å²) in [5.74, 6) is -0.0909. The molecule has 1 aromatic rings. The molecule has 0 fully saturated rings. The van der Waals surface area contributed by atoms with Crippen molar-refractivity contribution in [2.75, 3.05) is 12.3 Å². The lowest BCUT2D eigenvalue weighted by Gasteiger charge is -2.12. The Morgan fingerprint density at radius 3 is 2.36 bits per heavy atom. The highest BCUT2D eigenvalue weighted by atomic mass is 16.1. The number of ketones is 1. The Bertz CT molecular complexity index is 357. The lowest BCUT2D eigenvalue weighted by Crippen LogP contribution is -2.17. The van der Waals surface area contributed by atoms with Crippen LogP contribution in [0.25, 0.3) is 0 Å². The normalized spacial score (nSPS) is 10.3. The standard InChI is InChI=1S/C11H16N2O/c1-6-4-7(2)11(13)10(8(6)3)9(14)5-12/h4H,5,12-13H2,1-3H3. The highest BCUT2D eigenvalue weighted by Crippen LogP contribution is 2.24. The van der Waals surface area contributed by atoms with Crippen LogP contribution in [0.15, 0.2) is 6.07 Å². The van der Waals surface area contributed by atoms with Crippen molar-refractivity contribution in [2.45, 2.75) is 20.8 Å². The average molecular weight is 192 g/mol. The Kier molecular flexibility index (Phi) is 2.91. The second-order valence-electron chi connectivity index (χ2n) is 3.55. The van der Waals surface area contributed by atoms with Crippen molar-refractivity contribution in [3.8, 4) is 0 Å². The van der Waals surface area contributed by atoms with Gasteiger partial charge in [-0.1, -0.05) is 6.07 Å². The van der Waals surface area contributed by atoms with E-state index in [9.17, 15) is 4.79 Å². The monoisotopic (exact) mass is 192 g/mol. The molecule has 0 heterocycles. The molecule has 0 aromatic heterocycles. The average Bonchev–Trinajstić information content (AvgIpc) is 2.15. The van der Waals surface area contributed by atoms with Crippen LogP contribution in [-0.2, 0) is 0 Å². The summed E-state index contributed by atoms with van der Waals surface area (Å²) >= 11 is 0. The highest BCUT2D eigenvalue weighted by molar-refractivity contribution is 6.04. The van der Waals surface area contributed by atoms with Crippen molar-refractivity contribution in [3.05, 3.63) is 28.3 Å². The smallest absolute Gasteiger partial charge is 0.178 e. The predicted molar refractivity (Wildman–Crippen MR) is 58.5 cm³/mol. The van der Waals surface area contributed by atoms with Gasteiger partial charge in [0.1, 0.15) is 0 Å². The molecule has 1 rings (SSSR count). The van der Waals surface area contributed by atoms with E-state index >= 15 is 0 Å². The minimum atomic E-state index is -0.0909. The Morgan fingerprint density at radius 2 is 1.86 bits per heavy atom. The van der Waals surface area contributed by atoms with Crippen molar-refractivity contribution in [3.63, 3.8) is 0 Å². The summed E-state index contributed by atoms with van der Waals surface area (Å²) in [6.07, 6.45) is 0. The SMILES string of the molecule is Cc1cc(C)c(N)c(C(=O)CN)c1C. The van der Waals surface area contributed by atoms with E-state index in [1.165, 1.54) is 0 Å². The number of nitrogen functional groups attached to an aromatic ring is 1. The number of carbonyl (C=O) groups excluding carboxylic acids is 1. The van der Waals surface area contributed by atoms with E-state index < -0.39 is 0 Å². The summed E-state index contributed by atoms with van der Waals surface area (Å²) < 4.78 is 0. The zero-order chi connectivity index (χ0) is 10.9. The Hall–Kier alpha value is -1.35. The first kappa shape index (κ1) is 10.7. The number of benzene rings is 1. The van der Waals surface area contributed by atoms with Gasteiger partial charge in [0, 0.05) is 11.3 Å². The summed E-state index contributed by atoms with van der Waals surface area (Å²) in [5, 5.41) is 0. The fourth-order valence-electron chi connectivity index (χ4n) is 1.57. The van der Waals surface area contributed by atoms with Crippen LogP contribution in [0.2, 0.25) is 0 Å². The van der Waals surface area contributed by atoms with E-state index in [0.29, 0.717) is 11.3 Å². The van der Waals surface area contributed by atoms with Gasteiger partial charge in [0.15, 0.2) is 5.78 Å². The molecule has 0 bridgehead atoms. The van der Waals surface area contributed by atoms with Crippen LogP contribution in [-0.4, -0.2) is 12.3 Å². The number of anilines is 1. The molecular weight excluding hydrogens is 176 g/mol. The quantitative estimate of drug-likeness (QED) is 0.548. The Balaban J connectivity index is 3.47. The molecule has 0 radical (unpaired) electrons. The van der Waals surface area contributed by atoms with Crippen LogP contribution in [0.1, 0.15) is 27.0 Å². The summed E-state index contributed by atoms with van der Waals surface area (Å²) in [7, 11) is 0. The van der Waals surface area contributed by atoms with Crippen LogP contribution in [0, 0.1) is 20.8 Å². The lowest BCUT2D eigenvalue weighted by molar-refractivity contribution is 0.100. The summed E-state index contributed by atoms with van der Waals surface area (Å²) in [4.78, 5) is 11.6. The van der Waals surface area contributed by atoms with Gasteiger partial charge in [-0.3, -0.25) is 4.79 Å². The number of Topliss-reactive ketones (excluding diaryl/α,β-unsaturated/α-hetero) is 1. The van der Waals surface area contributed by atoms with Gasteiger partial charge in [0.2, 0.25) is 0 Å². The number of carbonyl (C=O) groups is 1. The molecule has 0 unspecified atom stereocenters. The number of rotatable bonds is 2. The van der Waals surface area contributed by atoms with E-state index in [2.05, 4.69) is 0 Å². The molecule has 0 atom stereocenters. The third kappa shape index (κ3) is 1.63. The molecule has 14 heavy (non-hydrogen) atoms. The molecular formula is C11H16N2O. The Labute approximate surface area is 84.1 Å². The van der Waals surface area contributed by atoms with Crippen LogP contribution in [0.5, 0.6) is 0 Å². The largest absolute Gasteiger partial charge is 0.398 e. The van der Waals surface area contributed by atoms with Crippen molar-refractivity contribution in [1.29, 1.82) is 0 Å². The molecule has 0 aliphatic carbocycles. The summed E-state index contributed by atoms with van der Waals surface area (Å²) in [6, 6.07) is 1.98. The van der Waals surface area contributed by atoms with Gasteiger partial charge in [-0.25, -0.2) is 0 Å². The van der Waals surface area contributed by atoms with Gasteiger partial charge < -0.3 is 11.5 Å². The van der Waals surface area contributed by atoms with Gasteiger partial charge in [-0.05, 0) is 37.5 Å². The van der Waals surface area contributed by atoms with E-state index in [4.69, 9.17) is 11.5 Å². The minimum Gasteiger partial charge on any atom is -0.398 e. The van der Waals surface area contributed by atoms with Gasteiger partial charge in [-0.2, -0.15) is 0 Å². The zero-order valence-corrected chi connectivity index (χ0v) is 8.85. The first-order valence-electron chi connectivity index (χ1n) is 4.58. The molecule has 0 saturated heterocycles.